The Morgan fingerprint density at radius 1 is 1.50 bits per heavy atom. The van der Waals surface area contributed by atoms with Gasteiger partial charge in [-0.05, 0) is 27.2 Å². The first-order chi connectivity index (χ1) is 8.41. The normalized spacial score (nSPS) is 10.7. The number of carboxylic acids is 1. The third kappa shape index (κ3) is 4.10. The molecule has 0 aliphatic rings. The van der Waals surface area contributed by atoms with Gasteiger partial charge in [0.25, 0.3) is 5.91 Å². The maximum absolute atomic E-state index is 12.2. The van der Waals surface area contributed by atoms with E-state index in [-0.39, 0.29) is 18.4 Å². The highest BCUT2D eigenvalue weighted by molar-refractivity contribution is 7.13. The van der Waals surface area contributed by atoms with Crippen molar-refractivity contribution < 1.29 is 14.7 Å². The molecule has 100 valence electrons. The Morgan fingerprint density at radius 3 is 2.61 bits per heavy atom. The number of aryl methyl sites for hydroxylation is 1. The van der Waals surface area contributed by atoms with Crippen molar-refractivity contribution in [1.82, 2.24) is 9.88 Å². The van der Waals surface area contributed by atoms with Gasteiger partial charge in [0.05, 0.1) is 11.2 Å². The van der Waals surface area contributed by atoms with E-state index < -0.39 is 5.97 Å². The number of hydrogen-bond acceptors (Lipinski definition) is 4. The van der Waals surface area contributed by atoms with Gasteiger partial charge in [-0.25, -0.2) is 4.98 Å². The Kier molecular flexibility index (Phi) is 5.27. The number of hydrogen-bond donors (Lipinski definition) is 1. The lowest BCUT2D eigenvalue weighted by atomic mass is 10.2. The molecule has 0 spiro atoms. The van der Waals surface area contributed by atoms with E-state index in [0.717, 1.165) is 5.01 Å². The minimum atomic E-state index is -0.834. The Morgan fingerprint density at radius 2 is 2.17 bits per heavy atom. The molecule has 1 aromatic heterocycles. The predicted molar refractivity (Wildman–Crippen MR) is 69.9 cm³/mol. The number of carbonyl (C=O) groups is 2. The zero-order valence-electron chi connectivity index (χ0n) is 10.8. The summed E-state index contributed by atoms with van der Waals surface area (Å²) in [6.45, 7) is 6.16. The van der Waals surface area contributed by atoms with Crippen LogP contribution in [0.3, 0.4) is 0 Å². The molecule has 1 N–H and O–H groups in total. The second-order valence-corrected chi connectivity index (χ2v) is 5.57. The van der Waals surface area contributed by atoms with Gasteiger partial charge >= 0.3 is 5.97 Å². The number of aromatic nitrogens is 1. The first kappa shape index (κ1) is 14.6. The van der Waals surface area contributed by atoms with E-state index in [2.05, 4.69) is 4.98 Å². The molecule has 0 aromatic carbocycles. The fourth-order valence-electron chi connectivity index (χ4n) is 1.60. The summed E-state index contributed by atoms with van der Waals surface area (Å²) in [5.41, 5.74) is 0. The quantitative estimate of drug-likeness (QED) is 0.860. The van der Waals surface area contributed by atoms with Crippen molar-refractivity contribution >= 4 is 23.2 Å². The molecule has 1 rings (SSSR count). The lowest BCUT2D eigenvalue weighted by Gasteiger charge is -2.25. The van der Waals surface area contributed by atoms with Crippen molar-refractivity contribution in [2.45, 2.75) is 39.7 Å². The monoisotopic (exact) mass is 270 g/mol. The highest BCUT2D eigenvalue weighted by Gasteiger charge is 2.20. The highest BCUT2D eigenvalue weighted by atomic mass is 32.1. The molecule has 0 saturated carbocycles. The topological polar surface area (TPSA) is 70.5 Å². The smallest absolute Gasteiger partial charge is 0.303 e. The van der Waals surface area contributed by atoms with Crippen LogP contribution in [0.15, 0.2) is 6.20 Å². The number of nitrogens with zero attached hydrogens (tertiary/aromatic N) is 2. The summed E-state index contributed by atoms with van der Waals surface area (Å²) in [6.07, 6.45) is 2.13. The average molecular weight is 270 g/mol. The number of carbonyl (C=O) groups excluding carboxylic acids is 1. The number of carboxylic acid groups (broad SMARTS) is 1. The summed E-state index contributed by atoms with van der Waals surface area (Å²) in [6, 6.07) is 0.0497. The Balaban J connectivity index is 2.67. The van der Waals surface area contributed by atoms with Gasteiger partial charge in [0.15, 0.2) is 0 Å². The van der Waals surface area contributed by atoms with E-state index in [4.69, 9.17) is 5.11 Å². The lowest BCUT2D eigenvalue weighted by Crippen LogP contribution is -2.37. The van der Waals surface area contributed by atoms with Crippen molar-refractivity contribution in [3.63, 3.8) is 0 Å². The summed E-state index contributed by atoms with van der Waals surface area (Å²) in [4.78, 5) is 29.1. The van der Waals surface area contributed by atoms with Crippen molar-refractivity contribution in [3.05, 3.63) is 16.1 Å². The predicted octanol–water partition coefficient (Wildman–Crippen LogP) is 2.17. The maximum atomic E-state index is 12.2. The van der Waals surface area contributed by atoms with Gasteiger partial charge in [-0.3, -0.25) is 9.59 Å². The number of aliphatic carboxylic acids is 1. The van der Waals surface area contributed by atoms with Gasteiger partial charge in [0, 0.05) is 19.0 Å². The van der Waals surface area contributed by atoms with Crippen LogP contribution in [0.25, 0.3) is 0 Å². The number of rotatable bonds is 6. The molecule has 18 heavy (non-hydrogen) atoms. The molecule has 0 aliphatic heterocycles. The van der Waals surface area contributed by atoms with Crippen LogP contribution in [0, 0.1) is 6.92 Å². The molecule has 6 heteroatoms. The standard InChI is InChI=1S/C12H18N2O3S/c1-8(2)14(6-4-5-11(15)16)12(17)10-7-13-9(3)18-10/h7-8H,4-6H2,1-3H3,(H,15,16). The lowest BCUT2D eigenvalue weighted by molar-refractivity contribution is -0.137. The molecular formula is C12H18N2O3S. The molecule has 5 nitrogen and oxygen atoms in total. The Labute approximate surface area is 110 Å². The minimum Gasteiger partial charge on any atom is -0.481 e. The van der Waals surface area contributed by atoms with Crippen LogP contribution in [0.2, 0.25) is 0 Å². The second kappa shape index (κ2) is 6.49. The number of thiazole rings is 1. The van der Waals surface area contributed by atoms with E-state index in [1.165, 1.54) is 11.3 Å². The summed E-state index contributed by atoms with van der Waals surface area (Å²) < 4.78 is 0. The fourth-order valence-corrected chi connectivity index (χ4v) is 2.33. The van der Waals surface area contributed by atoms with Crippen molar-refractivity contribution in [2.24, 2.45) is 0 Å². The molecular weight excluding hydrogens is 252 g/mol. The molecule has 0 fully saturated rings. The van der Waals surface area contributed by atoms with Gasteiger partial charge < -0.3 is 10.0 Å². The van der Waals surface area contributed by atoms with Crippen molar-refractivity contribution in [2.75, 3.05) is 6.54 Å². The van der Waals surface area contributed by atoms with Crippen molar-refractivity contribution in [3.8, 4) is 0 Å². The molecule has 1 heterocycles. The largest absolute Gasteiger partial charge is 0.481 e. The molecule has 0 saturated heterocycles. The average Bonchev–Trinajstić information content (AvgIpc) is 2.69. The van der Waals surface area contributed by atoms with Gasteiger partial charge in [0.2, 0.25) is 0 Å². The fraction of sp³-hybridized carbons (Fsp3) is 0.583. The zero-order chi connectivity index (χ0) is 13.7. The van der Waals surface area contributed by atoms with E-state index in [9.17, 15) is 9.59 Å². The second-order valence-electron chi connectivity index (χ2n) is 4.33. The van der Waals surface area contributed by atoms with Crippen LogP contribution in [0.4, 0.5) is 0 Å². The van der Waals surface area contributed by atoms with Crippen LogP contribution in [0.5, 0.6) is 0 Å². The molecule has 1 aromatic rings. The van der Waals surface area contributed by atoms with E-state index in [1.54, 1.807) is 11.1 Å². The molecule has 0 atom stereocenters. The van der Waals surface area contributed by atoms with Gasteiger partial charge in [-0.15, -0.1) is 11.3 Å². The zero-order valence-corrected chi connectivity index (χ0v) is 11.7. The van der Waals surface area contributed by atoms with Crippen LogP contribution in [0.1, 0.15) is 41.4 Å². The van der Waals surface area contributed by atoms with E-state index in [1.807, 2.05) is 20.8 Å². The van der Waals surface area contributed by atoms with Crippen LogP contribution in [-0.2, 0) is 4.79 Å². The van der Waals surface area contributed by atoms with Gasteiger partial charge in [-0.1, -0.05) is 0 Å². The summed E-state index contributed by atoms with van der Waals surface area (Å²) >= 11 is 1.36. The first-order valence-electron chi connectivity index (χ1n) is 5.87. The Bertz CT molecular complexity index is 429. The highest BCUT2D eigenvalue weighted by Crippen LogP contribution is 2.16. The Hall–Kier alpha value is -1.43. The number of amides is 1. The summed E-state index contributed by atoms with van der Waals surface area (Å²) in [7, 11) is 0. The first-order valence-corrected chi connectivity index (χ1v) is 6.68. The maximum Gasteiger partial charge on any atom is 0.303 e. The van der Waals surface area contributed by atoms with E-state index in [0.29, 0.717) is 17.8 Å². The molecule has 0 aliphatic carbocycles. The van der Waals surface area contributed by atoms with Crippen LogP contribution < -0.4 is 0 Å². The molecule has 0 radical (unpaired) electrons. The summed E-state index contributed by atoms with van der Waals surface area (Å²) in [5.74, 6) is -0.902. The van der Waals surface area contributed by atoms with Gasteiger partial charge in [0.1, 0.15) is 4.88 Å². The van der Waals surface area contributed by atoms with Crippen LogP contribution in [-0.4, -0.2) is 39.5 Å². The molecule has 1 amide bonds. The van der Waals surface area contributed by atoms with Gasteiger partial charge in [-0.2, -0.15) is 0 Å². The third-order valence-electron chi connectivity index (χ3n) is 2.51. The molecule has 0 bridgehead atoms. The third-order valence-corrected chi connectivity index (χ3v) is 3.41. The van der Waals surface area contributed by atoms with E-state index >= 15 is 0 Å². The summed E-state index contributed by atoms with van der Waals surface area (Å²) in [5, 5.41) is 9.47. The van der Waals surface area contributed by atoms with Crippen molar-refractivity contribution in [1.29, 1.82) is 0 Å². The van der Waals surface area contributed by atoms with Crippen LogP contribution >= 0.6 is 11.3 Å². The molecule has 0 unspecified atom stereocenters. The minimum absolute atomic E-state index is 0.0497. The SMILES string of the molecule is Cc1ncc(C(=O)N(CCCC(=O)O)C(C)C)s1.